The van der Waals surface area contributed by atoms with Crippen molar-refractivity contribution < 1.29 is 23.9 Å². The summed E-state index contributed by atoms with van der Waals surface area (Å²) in [6.45, 7) is 1.81. The van der Waals surface area contributed by atoms with Crippen molar-refractivity contribution in [1.82, 2.24) is 0 Å². The molecule has 30 heavy (non-hydrogen) atoms. The van der Waals surface area contributed by atoms with Crippen LogP contribution in [0.2, 0.25) is 0 Å². The predicted octanol–water partition coefficient (Wildman–Crippen LogP) is 4.03. The molecule has 0 saturated heterocycles. The number of imide groups is 1. The molecular weight excluding hydrogens is 382 g/mol. The smallest absolute Gasteiger partial charge is 0.349 e. The number of amides is 2. The summed E-state index contributed by atoms with van der Waals surface area (Å²) in [5, 5.41) is 0. The average molecular weight is 401 g/mol. The minimum Gasteiger partial charge on any atom is -0.482 e. The van der Waals surface area contributed by atoms with Crippen molar-refractivity contribution in [3.8, 4) is 11.5 Å². The van der Waals surface area contributed by atoms with Crippen LogP contribution in [0.3, 0.4) is 0 Å². The van der Waals surface area contributed by atoms with Gasteiger partial charge in [0.2, 0.25) is 0 Å². The molecule has 0 N–H and O–H groups in total. The summed E-state index contributed by atoms with van der Waals surface area (Å²) in [6.07, 6.45) is 0.876. The SMILES string of the molecule is CCc1cccc(OCC(=O)Oc2ccc(N3C(=O)c4ccccc4C3=O)cc2)c1. The first-order valence-corrected chi connectivity index (χ1v) is 9.57. The summed E-state index contributed by atoms with van der Waals surface area (Å²) in [4.78, 5) is 38.3. The summed E-state index contributed by atoms with van der Waals surface area (Å²) in [5.74, 6) is -0.393. The van der Waals surface area contributed by atoms with Crippen LogP contribution in [0, 0.1) is 0 Å². The van der Waals surface area contributed by atoms with E-state index in [9.17, 15) is 14.4 Å². The lowest BCUT2D eigenvalue weighted by Crippen LogP contribution is -2.29. The highest BCUT2D eigenvalue weighted by Gasteiger charge is 2.36. The Morgan fingerprint density at radius 1 is 0.833 bits per heavy atom. The van der Waals surface area contributed by atoms with E-state index in [-0.39, 0.29) is 18.4 Å². The standard InChI is InChI=1S/C24H19NO5/c1-2-16-6-5-7-19(14-16)29-15-22(26)30-18-12-10-17(11-13-18)25-23(27)20-8-3-4-9-21(20)24(25)28/h3-14H,2,15H2,1H3. The second-order valence-corrected chi connectivity index (χ2v) is 6.75. The number of hydrogen-bond acceptors (Lipinski definition) is 5. The molecule has 0 atom stereocenters. The van der Waals surface area contributed by atoms with Crippen LogP contribution in [0.15, 0.2) is 72.8 Å². The third-order valence-electron chi connectivity index (χ3n) is 4.78. The number of nitrogens with zero attached hydrogens (tertiary/aromatic N) is 1. The zero-order valence-corrected chi connectivity index (χ0v) is 16.3. The van der Waals surface area contributed by atoms with Crippen LogP contribution in [-0.2, 0) is 11.2 Å². The molecule has 150 valence electrons. The van der Waals surface area contributed by atoms with Gasteiger partial charge in [-0.05, 0) is 60.5 Å². The Balaban J connectivity index is 1.39. The summed E-state index contributed by atoms with van der Waals surface area (Å²) >= 11 is 0. The Morgan fingerprint density at radius 3 is 2.13 bits per heavy atom. The highest BCUT2D eigenvalue weighted by Crippen LogP contribution is 2.29. The summed E-state index contributed by atoms with van der Waals surface area (Å²) in [5.41, 5.74) is 2.28. The van der Waals surface area contributed by atoms with E-state index >= 15 is 0 Å². The van der Waals surface area contributed by atoms with E-state index in [0.29, 0.717) is 28.3 Å². The number of ether oxygens (including phenoxy) is 2. The van der Waals surface area contributed by atoms with Crippen LogP contribution in [-0.4, -0.2) is 24.4 Å². The van der Waals surface area contributed by atoms with Gasteiger partial charge in [-0.1, -0.05) is 31.2 Å². The molecule has 0 spiro atoms. The van der Waals surface area contributed by atoms with Gasteiger partial charge in [-0.3, -0.25) is 9.59 Å². The molecule has 0 fully saturated rings. The number of esters is 1. The van der Waals surface area contributed by atoms with Crippen LogP contribution in [0.25, 0.3) is 0 Å². The molecule has 1 aliphatic heterocycles. The van der Waals surface area contributed by atoms with E-state index < -0.39 is 5.97 Å². The van der Waals surface area contributed by atoms with E-state index in [1.165, 1.54) is 12.1 Å². The van der Waals surface area contributed by atoms with Crippen molar-refractivity contribution in [2.75, 3.05) is 11.5 Å². The second-order valence-electron chi connectivity index (χ2n) is 6.75. The van der Waals surface area contributed by atoms with Crippen molar-refractivity contribution in [2.45, 2.75) is 13.3 Å². The molecule has 3 aromatic carbocycles. The van der Waals surface area contributed by atoms with Gasteiger partial charge in [0.1, 0.15) is 11.5 Å². The van der Waals surface area contributed by atoms with E-state index in [1.54, 1.807) is 42.5 Å². The van der Waals surface area contributed by atoms with Crippen molar-refractivity contribution in [2.24, 2.45) is 0 Å². The molecular formula is C24H19NO5. The van der Waals surface area contributed by atoms with E-state index in [4.69, 9.17) is 9.47 Å². The number of carbonyl (C=O) groups excluding carboxylic acids is 3. The van der Waals surface area contributed by atoms with E-state index in [0.717, 1.165) is 16.9 Å². The van der Waals surface area contributed by atoms with Gasteiger partial charge in [0.05, 0.1) is 16.8 Å². The zero-order chi connectivity index (χ0) is 21.1. The van der Waals surface area contributed by atoms with Crippen molar-refractivity contribution >= 4 is 23.5 Å². The van der Waals surface area contributed by atoms with E-state index in [1.807, 2.05) is 25.1 Å². The van der Waals surface area contributed by atoms with Gasteiger partial charge < -0.3 is 9.47 Å². The molecule has 0 bridgehead atoms. The quantitative estimate of drug-likeness (QED) is 0.354. The van der Waals surface area contributed by atoms with Crippen molar-refractivity contribution in [3.63, 3.8) is 0 Å². The summed E-state index contributed by atoms with van der Waals surface area (Å²) in [7, 11) is 0. The minimum absolute atomic E-state index is 0.229. The monoisotopic (exact) mass is 401 g/mol. The first kappa shape index (κ1) is 19.4. The van der Waals surface area contributed by atoms with Crippen LogP contribution in [0.5, 0.6) is 11.5 Å². The van der Waals surface area contributed by atoms with Gasteiger partial charge in [0.25, 0.3) is 11.8 Å². The third-order valence-corrected chi connectivity index (χ3v) is 4.78. The number of rotatable bonds is 6. The summed E-state index contributed by atoms with van der Waals surface area (Å²) < 4.78 is 10.8. The first-order chi connectivity index (χ1) is 14.6. The Labute approximate surface area is 173 Å². The molecule has 1 aliphatic rings. The molecule has 6 nitrogen and oxygen atoms in total. The lowest BCUT2D eigenvalue weighted by atomic mass is 10.1. The summed E-state index contributed by atoms with van der Waals surface area (Å²) in [6, 6.07) is 20.4. The maximum absolute atomic E-state index is 12.5. The van der Waals surface area contributed by atoms with Gasteiger partial charge >= 0.3 is 5.97 Å². The highest BCUT2D eigenvalue weighted by molar-refractivity contribution is 6.34. The fourth-order valence-corrected chi connectivity index (χ4v) is 3.25. The number of aryl methyl sites for hydroxylation is 1. The second kappa shape index (κ2) is 8.21. The predicted molar refractivity (Wildman–Crippen MR) is 111 cm³/mol. The van der Waals surface area contributed by atoms with Gasteiger partial charge in [-0.25, -0.2) is 9.69 Å². The molecule has 6 heteroatoms. The number of carbonyl (C=O) groups is 3. The number of anilines is 1. The fourth-order valence-electron chi connectivity index (χ4n) is 3.25. The van der Waals surface area contributed by atoms with E-state index in [2.05, 4.69) is 0 Å². The lowest BCUT2D eigenvalue weighted by Gasteiger charge is -2.14. The largest absolute Gasteiger partial charge is 0.482 e. The Bertz CT molecular complexity index is 1090. The topological polar surface area (TPSA) is 72.9 Å². The maximum Gasteiger partial charge on any atom is 0.349 e. The average Bonchev–Trinajstić information content (AvgIpc) is 3.03. The fraction of sp³-hybridized carbons (Fsp3) is 0.125. The Hall–Kier alpha value is -3.93. The Kier molecular flexibility index (Phi) is 5.30. The molecule has 1 heterocycles. The van der Waals surface area contributed by atoms with Crippen molar-refractivity contribution in [1.29, 1.82) is 0 Å². The Morgan fingerprint density at radius 2 is 1.50 bits per heavy atom. The molecule has 0 aromatic heterocycles. The van der Waals surface area contributed by atoms with Gasteiger partial charge in [-0.15, -0.1) is 0 Å². The van der Waals surface area contributed by atoms with Crippen LogP contribution in [0.1, 0.15) is 33.2 Å². The van der Waals surface area contributed by atoms with Gasteiger partial charge in [0.15, 0.2) is 6.61 Å². The van der Waals surface area contributed by atoms with Crippen LogP contribution < -0.4 is 14.4 Å². The molecule has 0 radical (unpaired) electrons. The number of fused-ring (bicyclic) bond motifs is 1. The van der Waals surface area contributed by atoms with Crippen LogP contribution >= 0.6 is 0 Å². The minimum atomic E-state index is -0.551. The number of hydrogen-bond donors (Lipinski definition) is 0. The number of benzene rings is 3. The zero-order valence-electron chi connectivity index (χ0n) is 16.3. The maximum atomic E-state index is 12.5. The lowest BCUT2D eigenvalue weighted by molar-refractivity contribution is -0.136. The highest BCUT2D eigenvalue weighted by atomic mass is 16.6. The normalized spacial score (nSPS) is 12.6. The third kappa shape index (κ3) is 3.80. The molecule has 2 amide bonds. The molecule has 0 aliphatic carbocycles. The van der Waals surface area contributed by atoms with Crippen molar-refractivity contribution in [3.05, 3.63) is 89.5 Å². The molecule has 4 rings (SSSR count). The molecule has 0 unspecified atom stereocenters. The van der Waals surface area contributed by atoms with Gasteiger partial charge in [0, 0.05) is 0 Å². The van der Waals surface area contributed by atoms with Crippen LogP contribution in [0.4, 0.5) is 5.69 Å². The molecule has 3 aromatic rings. The first-order valence-electron chi connectivity index (χ1n) is 9.57. The molecule has 0 saturated carbocycles. The van der Waals surface area contributed by atoms with Gasteiger partial charge in [-0.2, -0.15) is 0 Å².